The van der Waals surface area contributed by atoms with E-state index >= 15 is 0 Å². The Morgan fingerprint density at radius 3 is 2.63 bits per heavy atom. The lowest BCUT2D eigenvalue weighted by atomic mass is 10.0. The molecule has 2 aliphatic rings. The predicted octanol–water partition coefficient (Wildman–Crippen LogP) is 1.98. The second-order valence-corrected chi connectivity index (χ2v) is 8.97. The van der Waals surface area contributed by atoms with Gasteiger partial charge in [0, 0.05) is 18.0 Å². The van der Waals surface area contributed by atoms with Gasteiger partial charge in [-0.1, -0.05) is 0 Å². The van der Waals surface area contributed by atoms with E-state index in [1.54, 1.807) is 6.07 Å². The van der Waals surface area contributed by atoms with Gasteiger partial charge in [0.1, 0.15) is 4.21 Å². The minimum absolute atomic E-state index is 0.288. The van der Waals surface area contributed by atoms with Gasteiger partial charge in [-0.25, -0.2) is 13.1 Å². The van der Waals surface area contributed by atoms with Crippen molar-refractivity contribution in [2.24, 2.45) is 17.1 Å². The zero-order valence-electron chi connectivity index (χ0n) is 11.1. The van der Waals surface area contributed by atoms with Gasteiger partial charge in [0.05, 0.1) is 0 Å². The van der Waals surface area contributed by atoms with Gasteiger partial charge in [0.15, 0.2) is 0 Å². The fourth-order valence-electron chi connectivity index (χ4n) is 2.72. The molecule has 0 bridgehead atoms. The molecule has 3 N–H and O–H groups in total. The molecule has 2 aliphatic carbocycles. The first-order chi connectivity index (χ1) is 8.97. The summed E-state index contributed by atoms with van der Waals surface area (Å²) in [6, 6.07) is 1.73. The van der Waals surface area contributed by atoms with E-state index in [9.17, 15) is 8.42 Å². The summed E-state index contributed by atoms with van der Waals surface area (Å²) in [6.07, 6.45) is 4.91. The number of sulfonamides is 1. The molecule has 1 aromatic rings. The first-order valence-corrected chi connectivity index (χ1v) is 9.06. The lowest BCUT2D eigenvalue weighted by Gasteiger charge is -2.14. The van der Waals surface area contributed by atoms with Crippen LogP contribution in [0.4, 0.5) is 0 Å². The Morgan fingerprint density at radius 2 is 2.16 bits per heavy atom. The molecule has 0 radical (unpaired) electrons. The van der Waals surface area contributed by atoms with Crippen molar-refractivity contribution in [3.8, 4) is 0 Å². The molecule has 0 amide bonds. The van der Waals surface area contributed by atoms with Crippen molar-refractivity contribution in [2.75, 3.05) is 6.54 Å². The summed E-state index contributed by atoms with van der Waals surface area (Å²) >= 11 is 1.29. The van der Waals surface area contributed by atoms with Gasteiger partial charge < -0.3 is 5.73 Å². The molecular weight excluding hydrogens is 280 g/mol. The van der Waals surface area contributed by atoms with Crippen molar-refractivity contribution in [1.82, 2.24) is 4.72 Å². The molecule has 1 heterocycles. The summed E-state index contributed by atoms with van der Waals surface area (Å²) in [7, 11) is -3.36. The van der Waals surface area contributed by atoms with Crippen molar-refractivity contribution in [3.05, 3.63) is 16.5 Å². The van der Waals surface area contributed by atoms with Crippen LogP contribution in [0.2, 0.25) is 0 Å². The number of rotatable bonds is 6. The molecule has 0 aliphatic heterocycles. The highest BCUT2D eigenvalue weighted by molar-refractivity contribution is 7.91. The third kappa shape index (κ3) is 2.59. The molecule has 0 aromatic carbocycles. The molecular formula is C13H20N2O2S2. The Balaban J connectivity index is 1.71. The van der Waals surface area contributed by atoms with Gasteiger partial charge in [0.2, 0.25) is 10.0 Å². The van der Waals surface area contributed by atoms with Gasteiger partial charge >= 0.3 is 0 Å². The maximum Gasteiger partial charge on any atom is 0.250 e. The topological polar surface area (TPSA) is 72.2 Å². The normalized spacial score (nSPS) is 21.6. The molecule has 1 aromatic heterocycles. The third-order valence-electron chi connectivity index (χ3n) is 4.40. The number of nitrogens with one attached hydrogen (secondary N) is 1. The Morgan fingerprint density at radius 1 is 1.47 bits per heavy atom. The summed E-state index contributed by atoms with van der Waals surface area (Å²) < 4.78 is 27.8. The van der Waals surface area contributed by atoms with Crippen molar-refractivity contribution >= 4 is 21.4 Å². The molecule has 0 unspecified atom stereocenters. The van der Waals surface area contributed by atoms with Crippen LogP contribution < -0.4 is 10.5 Å². The summed E-state index contributed by atoms with van der Waals surface area (Å²) in [4.78, 5) is 0.948. The van der Waals surface area contributed by atoms with E-state index in [4.69, 9.17) is 5.73 Å². The summed E-state index contributed by atoms with van der Waals surface area (Å²) in [5.41, 5.74) is 6.86. The largest absolute Gasteiger partial charge is 0.326 e. The molecule has 2 saturated carbocycles. The van der Waals surface area contributed by atoms with Crippen LogP contribution in [0.15, 0.2) is 10.3 Å². The lowest BCUT2D eigenvalue weighted by molar-refractivity contribution is 0.432. The Hall–Kier alpha value is -0.430. The molecule has 0 saturated heterocycles. The SMILES string of the molecule is Cc1cc(S(=O)(=O)NCC2(C3CC3)CC2)sc1CN. The van der Waals surface area contributed by atoms with Crippen LogP contribution in [0.25, 0.3) is 0 Å². The summed E-state index contributed by atoms with van der Waals surface area (Å²) in [5.74, 6) is 0.764. The Labute approximate surface area is 118 Å². The number of thiophene rings is 1. The van der Waals surface area contributed by atoms with Gasteiger partial charge in [-0.2, -0.15) is 0 Å². The first-order valence-electron chi connectivity index (χ1n) is 6.76. The van der Waals surface area contributed by atoms with E-state index < -0.39 is 10.0 Å². The van der Waals surface area contributed by atoms with Crippen LogP contribution in [0, 0.1) is 18.3 Å². The lowest BCUT2D eigenvalue weighted by Crippen LogP contribution is -2.30. The minimum atomic E-state index is -3.36. The van der Waals surface area contributed by atoms with Crippen LogP contribution in [-0.4, -0.2) is 15.0 Å². The van der Waals surface area contributed by atoms with E-state index in [1.807, 2.05) is 6.92 Å². The van der Waals surface area contributed by atoms with E-state index in [-0.39, 0.29) is 5.41 Å². The summed E-state index contributed by atoms with van der Waals surface area (Å²) in [6.45, 7) is 2.91. The van der Waals surface area contributed by atoms with Crippen LogP contribution >= 0.6 is 11.3 Å². The quantitative estimate of drug-likeness (QED) is 0.844. The molecule has 3 rings (SSSR count). The average molecular weight is 300 g/mol. The maximum absolute atomic E-state index is 12.3. The third-order valence-corrected chi connectivity index (χ3v) is 7.53. The van der Waals surface area contributed by atoms with Gasteiger partial charge in [-0.05, 0) is 55.6 Å². The predicted molar refractivity (Wildman–Crippen MR) is 76.5 cm³/mol. The molecule has 6 heteroatoms. The van der Waals surface area contributed by atoms with Gasteiger partial charge in [0.25, 0.3) is 0 Å². The van der Waals surface area contributed by atoms with Gasteiger partial charge in [-0.3, -0.25) is 0 Å². The molecule has 2 fully saturated rings. The van der Waals surface area contributed by atoms with E-state index in [0.717, 1.165) is 16.4 Å². The number of hydrogen-bond acceptors (Lipinski definition) is 4. The smallest absolute Gasteiger partial charge is 0.250 e. The second kappa shape index (κ2) is 4.55. The molecule has 0 spiro atoms. The van der Waals surface area contributed by atoms with Crippen LogP contribution in [0.3, 0.4) is 0 Å². The van der Waals surface area contributed by atoms with Crippen molar-refractivity contribution in [2.45, 2.75) is 43.4 Å². The molecule has 19 heavy (non-hydrogen) atoms. The first kappa shape index (κ1) is 13.5. The zero-order valence-corrected chi connectivity index (χ0v) is 12.7. The van der Waals surface area contributed by atoms with Crippen molar-refractivity contribution < 1.29 is 8.42 Å². The highest BCUT2D eigenvalue weighted by Crippen LogP contribution is 2.60. The van der Waals surface area contributed by atoms with Crippen molar-refractivity contribution in [3.63, 3.8) is 0 Å². The monoisotopic (exact) mass is 300 g/mol. The average Bonchev–Trinajstić information content (AvgIpc) is 3.23. The Bertz CT molecular complexity index is 584. The van der Waals surface area contributed by atoms with Gasteiger partial charge in [-0.15, -0.1) is 11.3 Å². The fraction of sp³-hybridized carbons (Fsp3) is 0.692. The molecule has 106 valence electrons. The number of nitrogens with two attached hydrogens (primary N) is 1. The Kier molecular flexibility index (Phi) is 3.24. The van der Waals surface area contributed by atoms with E-state index in [1.165, 1.54) is 37.0 Å². The van der Waals surface area contributed by atoms with Crippen molar-refractivity contribution in [1.29, 1.82) is 0 Å². The van der Waals surface area contributed by atoms with Crippen LogP contribution in [0.1, 0.15) is 36.1 Å². The number of hydrogen-bond donors (Lipinski definition) is 2. The maximum atomic E-state index is 12.3. The standard InChI is InChI=1S/C13H20N2O2S2/c1-9-6-12(18-11(9)7-14)19(16,17)15-8-13(4-5-13)10-2-3-10/h6,10,15H,2-5,7-8,14H2,1H3. The summed E-state index contributed by atoms with van der Waals surface area (Å²) in [5, 5.41) is 0. The van der Waals surface area contributed by atoms with E-state index in [2.05, 4.69) is 4.72 Å². The fourth-order valence-corrected chi connectivity index (χ4v) is 5.37. The van der Waals surface area contributed by atoms with E-state index in [0.29, 0.717) is 17.3 Å². The molecule has 4 nitrogen and oxygen atoms in total. The highest BCUT2D eigenvalue weighted by atomic mass is 32.2. The van der Waals surface area contributed by atoms with Crippen LogP contribution in [0.5, 0.6) is 0 Å². The minimum Gasteiger partial charge on any atom is -0.326 e. The zero-order chi connectivity index (χ0) is 13.7. The highest BCUT2D eigenvalue weighted by Gasteiger charge is 2.53. The molecule has 0 atom stereocenters. The van der Waals surface area contributed by atoms with Crippen LogP contribution in [-0.2, 0) is 16.6 Å². The number of aryl methyl sites for hydroxylation is 1. The second-order valence-electron chi connectivity index (χ2n) is 5.84.